The highest BCUT2D eigenvalue weighted by Crippen LogP contribution is 2.32. The third-order valence-corrected chi connectivity index (χ3v) is 4.47. The summed E-state index contributed by atoms with van der Waals surface area (Å²) in [6.45, 7) is 0. The zero-order valence-electron chi connectivity index (χ0n) is 14.8. The Bertz CT molecular complexity index is 1170. The molecule has 4 rings (SSSR count). The van der Waals surface area contributed by atoms with Crippen LogP contribution in [0.2, 0.25) is 0 Å². The highest BCUT2D eigenvalue weighted by molar-refractivity contribution is 5.86. The second kappa shape index (κ2) is 6.64. The molecule has 0 saturated carbocycles. The van der Waals surface area contributed by atoms with Crippen molar-refractivity contribution in [1.82, 2.24) is 0 Å². The molecule has 2 aromatic carbocycles. The van der Waals surface area contributed by atoms with Gasteiger partial charge in [0.2, 0.25) is 0 Å². The first kappa shape index (κ1) is 16.9. The van der Waals surface area contributed by atoms with Crippen LogP contribution in [0, 0.1) is 0 Å². The van der Waals surface area contributed by atoms with Gasteiger partial charge in [0.25, 0.3) is 0 Å². The monoisotopic (exact) mass is 364 g/mol. The molecular formula is C21H16O6. The molecule has 0 aliphatic carbocycles. The summed E-state index contributed by atoms with van der Waals surface area (Å²) in [6.07, 6.45) is -0.0350. The maximum absolute atomic E-state index is 12.6. The lowest BCUT2D eigenvalue weighted by molar-refractivity contribution is 0.399. The number of para-hydroxylation sites is 2. The molecule has 0 N–H and O–H groups in total. The number of ether oxygens (including phenoxy) is 2. The summed E-state index contributed by atoms with van der Waals surface area (Å²) in [5.41, 5.74) is 0.163. The van der Waals surface area contributed by atoms with Gasteiger partial charge in [-0.05, 0) is 24.3 Å². The maximum atomic E-state index is 12.6. The average molecular weight is 364 g/mol. The Kier molecular flexibility index (Phi) is 4.16. The minimum Gasteiger partial charge on any atom is -0.495 e. The molecule has 0 spiro atoms. The van der Waals surface area contributed by atoms with E-state index in [0.29, 0.717) is 33.4 Å². The van der Waals surface area contributed by atoms with Gasteiger partial charge in [-0.1, -0.05) is 24.3 Å². The molecule has 0 bridgehead atoms. The fourth-order valence-corrected chi connectivity index (χ4v) is 3.27. The van der Waals surface area contributed by atoms with E-state index >= 15 is 0 Å². The summed E-state index contributed by atoms with van der Waals surface area (Å²) in [5, 5.41) is 1.30. The average Bonchev–Trinajstić information content (AvgIpc) is 2.68. The van der Waals surface area contributed by atoms with Gasteiger partial charge in [0.15, 0.2) is 0 Å². The number of benzene rings is 2. The fraction of sp³-hybridized carbons (Fsp3) is 0.143. The molecule has 6 nitrogen and oxygen atoms in total. The molecule has 0 fully saturated rings. The molecule has 0 aliphatic heterocycles. The van der Waals surface area contributed by atoms with Crippen molar-refractivity contribution in [1.29, 1.82) is 0 Å². The maximum Gasteiger partial charge on any atom is 0.343 e. The summed E-state index contributed by atoms with van der Waals surface area (Å²) in [5.74, 6) is 0.743. The SMILES string of the molecule is COc1c(Cc2c(OC)c3ccccc3oc2=O)c(=O)oc2ccccc12. The van der Waals surface area contributed by atoms with E-state index in [-0.39, 0.29) is 17.5 Å². The smallest absolute Gasteiger partial charge is 0.343 e. The summed E-state index contributed by atoms with van der Waals surface area (Å²) in [7, 11) is 2.95. The van der Waals surface area contributed by atoms with E-state index in [1.165, 1.54) is 14.2 Å². The van der Waals surface area contributed by atoms with Crippen LogP contribution >= 0.6 is 0 Å². The van der Waals surface area contributed by atoms with Crippen molar-refractivity contribution in [2.45, 2.75) is 6.42 Å². The predicted octanol–water partition coefficient (Wildman–Crippen LogP) is 3.51. The minimum atomic E-state index is -0.569. The molecule has 4 aromatic rings. The van der Waals surface area contributed by atoms with E-state index in [0.717, 1.165) is 0 Å². The van der Waals surface area contributed by atoms with Gasteiger partial charge in [-0.2, -0.15) is 0 Å². The molecule has 2 heterocycles. The van der Waals surface area contributed by atoms with E-state index in [4.69, 9.17) is 18.3 Å². The van der Waals surface area contributed by atoms with Gasteiger partial charge in [0.1, 0.15) is 22.7 Å². The van der Waals surface area contributed by atoms with Crippen molar-refractivity contribution in [3.63, 3.8) is 0 Å². The van der Waals surface area contributed by atoms with Crippen LogP contribution in [0.25, 0.3) is 21.9 Å². The Hall–Kier alpha value is -3.54. The molecule has 0 atom stereocenters. The first-order valence-corrected chi connectivity index (χ1v) is 8.31. The van der Waals surface area contributed by atoms with Gasteiger partial charge in [0, 0.05) is 6.42 Å². The largest absolute Gasteiger partial charge is 0.495 e. The van der Waals surface area contributed by atoms with Crippen LogP contribution < -0.4 is 20.7 Å². The number of hydrogen-bond donors (Lipinski definition) is 0. The molecule has 0 amide bonds. The van der Waals surface area contributed by atoms with E-state index < -0.39 is 11.3 Å². The zero-order valence-corrected chi connectivity index (χ0v) is 14.8. The molecule has 136 valence electrons. The molecular weight excluding hydrogens is 348 g/mol. The van der Waals surface area contributed by atoms with E-state index in [1.54, 1.807) is 36.4 Å². The number of rotatable bonds is 4. The Balaban J connectivity index is 1.98. The Morgan fingerprint density at radius 2 is 1.11 bits per heavy atom. The number of methoxy groups -OCH3 is 2. The number of fused-ring (bicyclic) bond motifs is 2. The van der Waals surface area contributed by atoms with E-state index in [2.05, 4.69) is 0 Å². The van der Waals surface area contributed by atoms with Crippen LogP contribution in [-0.4, -0.2) is 14.2 Å². The van der Waals surface area contributed by atoms with Crippen LogP contribution in [0.4, 0.5) is 0 Å². The first-order chi connectivity index (χ1) is 13.1. The van der Waals surface area contributed by atoms with Gasteiger partial charge in [-0.15, -0.1) is 0 Å². The second-order valence-corrected chi connectivity index (χ2v) is 5.97. The molecule has 6 heteroatoms. The summed E-state index contributed by atoms with van der Waals surface area (Å²) in [4.78, 5) is 25.1. The minimum absolute atomic E-state index is 0.0350. The predicted molar refractivity (Wildman–Crippen MR) is 101 cm³/mol. The third-order valence-electron chi connectivity index (χ3n) is 4.47. The highest BCUT2D eigenvalue weighted by atomic mass is 16.5. The Labute approximate surface area is 153 Å². The van der Waals surface area contributed by atoms with Gasteiger partial charge in [-0.3, -0.25) is 0 Å². The summed E-state index contributed by atoms with van der Waals surface area (Å²) in [6, 6.07) is 14.1. The molecule has 2 aromatic heterocycles. The van der Waals surface area contributed by atoms with Crippen LogP contribution in [0.3, 0.4) is 0 Å². The molecule has 0 aliphatic rings. The number of hydrogen-bond acceptors (Lipinski definition) is 6. The standard InChI is InChI=1S/C21H16O6/c1-24-18-12-7-3-5-9-16(12)26-20(22)14(18)11-15-19(25-2)13-8-4-6-10-17(13)27-21(15)23/h3-10H,11H2,1-2H3. The third kappa shape index (κ3) is 2.75. The summed E-state index contributed by atoms with van der Waals surface area (Å²) >= 11 is 0. The normalized spacial score (nSPS) is 11.0. The van der Waals surface area contributed by atoms with Crippen LogP contribution in [-0.2, 0) is 6.42 Å². The van der Waals surface area contributed by atoms with E-state index in [9.17, 15) is 9.59 Å². The Morgan fingerprint density at radius 3 is 1.52 bits per heavy atom. The van der Waals surface area contributed by atoms with Crippen molar-refractivity contribution in [3.8, 4) is 11.5 Å². The van der Waals surface area contributed by atoms with Gasteiger partial charge < -0.3 is 18.3 Å². The van der Waals surface area contributed by atoms with Gasteiger partial charge >= 0.3 is 11.3 Å². The lowest BCUT2D eigenvalue weighted by Crippen LogP contribution is -2.16. The van der Waals surface area contributed by atoms with Gasteiger partial charge in [0.05, 0.1) is 36.1 Å². The molecule has 0 unspecified atom stereocenters. The topological polar surface area (TPSA) is 78.9 Å². The van der Waals surface area contributed by atoms with Crippen molar-refractivity contribution in [2.24, 2.45) is 0 Å². The lowest BCUT2D eigenvalue weighted by Gasteiger charge is -2.12. The van der Waals surface area contributed by atoms with Gasteiger partial charge in [-0.25, -0.2) is 9.59 Å². The van der Waals surface area contributed by atoms with Crippen LogP contribution in [0.1, 0.15) is 11.1 Å². The molecule has 0 saturated heterocycles. The first-order valence-electron chi connectivity index (χ1n) is 8.31. The Morgan fingerprint density at radius 1 is 0.704 bits per heavy atom. The fourth-order valence-electron chi connectivity index (χ4n) is 3.27. The van der Waals surface area contributed by atoms with Crippen LogP contribution in [0.5, 0.6) is 11.5 Å². The van der Waals surface area contributed by atoms with Crippen molar-refractivity contribution >= 4 is 21.9 Å². The highest BCUT2D eigenvalue weighted by Gasteiger charge is 2.22. The quantitative estimate of drug-likeness (QED) is 0.516. The summed E-state index contributed by atoms with van der Waals surface area (Å²) < 4.78 is 21.8. The van der Waals surface area contributed by atoms with E-state index in [1.807, 2.05) is 12.1 Å². The van der Waals surface area contributed by atoms with Crippen molar-refractivity contribution in [2.75, 3.05) is 14.2 Å². The van der Waals surface area contributed by atoms with Crippen molar-refractivity contribution < 1.29 is 18.3 Å². The lowest BCUT2D eigenvalue weighted by atomic mass is 10.0. The molecule has 27 heavy (non-hydrogen) atoms. The van der Waals surface area contributed by atoms with Crippen LogP contribution in [0.15, 0.2) is 67.0 Å². The zero-order chi connectivity index (χ0) is 19.0. The molecule has 0 radical (unpaired) electrons. The second-order valence-electron chi connectivity index (χ2n) is 5.97. The van der Waals surface area contributed by atoms with Crippen molar-refractivity contribution in [3.05, 3.63) is 80.5 Å².